The van der Waals surface area contributed by atoms with Gasteiger partial charge in [0.2, 0.25) is 11.8 Å². The maximum atomic E-state index is 12.1. The average molecular weight is 352 g/mol. The topological polar surface area (TPSA) is 78.5 Å². The van der Waals surface area contributed by atoms with E-state index in [9.17, 15) is 14.4 Å². The number of amides is 3. The summed E-state index contributed by atoms with van der Waals surface area (Å²) in [5.74, 6) is -0.679. The van der Waals surface area contributed by atoms with Crippen molar-refractivity contribution in [2.75, 3.05) is 19.6 Å². The average Bonchev–Trinajstić information content (AvgIpc) is 3.09. The normalized spacial score (nSPS) is 15.0. The molecular weight excluding hydrogens is 330 g/mol. The number of hydrogen-bond donors (Lipinski definition) is 2. The molecule has 1 aromatic rings. The Balaban J connectivity index is 1.74. The summed E-state index contributed by atoms with van der Waals surface area (Å²) in [4.78, 5) is 37.8. The molecule has 0 saturated carbocycles. The van der Waals surface area contributed by atoms with Gasteiger partial charge in [-0.25, -0.2) is 0 Å². The zero-order chi connectivity index (χ0) is 17.5. The SMILES string of the molecule is CC(NC(=O)c1ccccc1Cl)C(=O)NCCC(=O)N1CCCC1. The van der Waals surface area contributed by atoms with Gasteiger partial charge in [0.1, 0.15) is 6.04 Å². The molecule has 1 aliphatic heterocycles. The molecule has 3 amide bonds. The summed E-state index contributed by atoms with van der Waals surface area (Å²) < 4.78 is 0. The van der Waals surface area contributed by atoms with Crippen LogP contribution in [-0.4, -0.2) is 48.3 Å². The molecule has 0 bridgehead atoms. The van der Waals surface area contributed by atoms with Crippen LogP contribution < -0.4 is 10.6 Å². The molecule has 0 radical (unpaired) electrons. The number of halogens is 1. The Bertz CT molecular complexity index is 615. The third-order valence-electron chi connectivity index (χ3n) is 3.96. The van der Waals surface area contributed by atoms with E-state index >= 15 is 0 Å². The Labute approximate surface area is 146 Å². The van der Waals surface area contributed by atoms with Crippen LogP contribution in [0.25, 0.3) is 0 Å². The van der Waals surface area contributed by atoms with E-state index in [0.29, 0.717) is 10.6 Å². The second kappa shape index (κ2) is 8.68. The zero-order valence-corrected chi connectivity index (χ0v) is 14.4. The van der Waals surface area contributed by atoms with Crippen LogP contribution >= 0.6 is 11.6 Å². The Morgan fingerprint density at radius 1 is 1.21 bits per heavy atom. The fourth-order valence-corrected chi connectivity index (χ4v) is 2.78. The molecule has 2 N–H and O–H groups in total. The molecule has 1 aliphatic rings. The predicted molar refractivity (Wildman–Crippen MR) is 91.8 cm³/mol. The number of nitrogens with one attached hydrogen (secondary N) is 2. The molecule has 1 heterocycles. The minimum Gasteiger partial charge on any atom is -0.354 e. The summed E-state index contributed by atoms with van der Waals surface area (Å²) in [5, 5.41) is 5.61. The number of carbonyl (C=O) groups is 3. The maximum absolute atomic E-state index is 12.1. The highest BCUT2D eigenvalue weighted by atomic mass is 35.5. The van der Waals surface area contributed by atoms with Crippen LogP contribution in [0.1, 0.15) is 36.5 Å². The molecule has 1 aromatic carbocycles. The summed E-state index contributed by atoms with van der Waals surface area (Å²) in [6.45, 7) is 3.46. The van der Waals surface area contributed by atoms with Gasteiger partial charge in [-0.1, -0.05) is 23.7 Å². The lowest BCUT2D eigenvalue weighted by molar-refractivity contribution is -0.130. The van der Waals surface area contributed by atoms with Gasteiger partial charge in [0, 0.05) is 26.1 Å². The molecule has 0 spiro atoms. The number of carbonyl (C=O) groups excluding carboxylic acids is 3. The van der Waals surface area contributed by atoms with Crippen LogP contribution in [-0.2, 0) is 9.59 Å². The van der Waals surface area contributed by atoms with E-state index in [1.165, 1.54) is 0 Å². The number of likely N-dealkylation sites (tertiary alicyclic amines) is 1. The van der Waals surface area contributed by atoms with Gasteiger partial charge in [0.05, 0.1) is 10.6 Å². The van der Waals surface area contributed by atoms with E-state index in [1.54, 1.807) is 31.2 Å². The molecule has 130 valence electrons. The Morgan fingerprint density at radius 3 is 2.54 bits per heavy atom. The molecule has 2 rings (SSSR count). The summed E-state index contributed by atoms with van der Waals surface area (Å²) >= 11 is 5.96. The first-order valence-electron chi connectivity index (χ1n) is 8.10. The van der Waals surface area contributed by atoms with Crippen molar-refractivity contribution in [1.29, 1.82) is 0 Å². The van der Waals surface area contributed by atoms with E-state index in [4.69, 9.17) is 11.6 Å². The lowest BCUT2D eigenvalue weighted by Gasteiger charge is -2.17. The number of nitrogens with zero attached hydrogens (tertiary/aromatic N) is 1. The molecule has 7 heteroatoms. The second-order valence-electron chi connectivity index (χ2n) is 5.80. The van der Waals surface area contributed by atoms with Crippen LogP contribution in [0.5, 0.6) is 0 Å². The van der Waals surface area contributed by atoms with Crippen LogP contribution in [0.3, 0.4) is 0 Å². The van der Waals surface area contributed by atoms with Crippen molar-refractivity contribution in [2.45, 2.75) is 32.2 Å². The summed E-state index contributed by atoms with van der Waals surface area (Å²) in [6.07, 6.45) is 2.36. The molecule has 0 aromatic heterocycles. The zero-order valence-electron chi connectivity index (χ0n) is 13.7. The molecule has 6 nitrogen and oxygen atoms in total. The quantitative estimate of drug-likeness (QED) is 0.816. The van der Waals surface area contributed by atoms with Gasteiger partial charge >= 0.3 is 0 Å². The van der Waals surface area contributed by atoms with Crippen LogP contribution in [0.4, 0.5) is 0 Å². The molecule has 1 atom stereocenters. The first-order valence-corrected chi connectivity index (χ1v) is 8.47. The number of hydrogen-bond acceptors (Lipinski definition) is 3. The van der Waals surface area contributed by atoms with Crippen LogP contribution in [0, 0.1) is 0 Å². The maximum Gasteiger partial charge on any atom is 0.253 e. The van der Waals surface area contributed by atoms with Crippen molar-refractivity contribution in [1.82, 2.24) is 15.5 Å². The van der Waals surface area contributed by atoms with Crippen LogP contribution in [0.2, 0.25) is 5.02 Å². The van der Waals surface area contributed by atoms with Crippen molar-refractivity contribution in [3.8, 4) is 0 Å². The van der Waals surface area contributed by atoms with Crippen molar-refractivity contribution in [2.24, 2.45) is 0 Å². The first kappa shape index (κ1) is 18.3. The molecule has 24 heavy (non-hydrogen) atoms. The Kier molecular flexibility index (Phi) is 6.61. The highest BCUT2D eigenvalue weighted by Gasteiger charge is 2.20. The lowest BCUT2D eigenvalue weighted by Crippen LogP contribution is -2.45. The highest BCUT2D eigenvalue weighted by molar-refractivity contribution is 6.33. The molecule has 1 fully saturated rings. The molecule has 1 unspecified atom stereocenters. The van der Waals surface area contributed by atoms with E-state index in [-0.39, 0.29) is 24.8 Å². The standard InChI is InChI=1S/C17H22ClN3O3/c1-12(20-17(24)13-6-2-3-7-14(13)18)16(23)19-9-8-15(22)21-10-4-5-11-21/h2-3,6-7,12H,4-5,8-11H2,1H3,(H,19,23)(H,20,24). The highest BCUT2D eigenvalue weighted by Crippen LogP contribution is 2.14. The van der Waals surface area contributed by atoms with Gasteiger partial charge in [-0.05, 0) is 31.9 Å². The third-order valence-corrected chi connectivity index (χ3v) is 4.29. The number of benzene rings is 1. The van der Waals surface area contributed by atoms with Crippen LogP contribution in [0.15, 0.2) is 24.3 Å². The fraction of sp³-hybridized carbons (Fsp3) is 0.471. The van der Waals surface area contributed by atoms with E-state index in [1.807, 2.05) is 4.90 Å². The van der Waals surface area contributed by atoms with Gasteiger partial charge in [0.25, 0.3) is 5.91 Å². The van der Waals surface area contributed by atoms with Gasteiger partial charge < -0.3 is 15.5 Å². The fourth-order valence-electron chi connectivity index (χ4n) is 2.56. The van der Waals surface area contributed by atoms with Gasteiger partial charge in [-0.2, -0.15) is 0 Å². The van der Waals surface area contributed by atoms with E-state index < -0.39 is 11.9 Å². The smallest absolute Gasteiger partial charge is 0.253 e. The largest absolute Gasteiger partial charge is 0.354 e. The first-order chi connectivity index (χ1) is 11.5. The predicted octanol–water partition coefficient (Wildman–Crippen LogP) is 1.59. The lowest BCUT2D eigenvalue weighted by atomic mass is 10.2. The third kappa shape index (κ3) is 4.96. The minimum absolute atomic E-state index is 0.0561. The summed E-state index contributed by atoms with van der Waals surface area (Å²) in [5.41, 5.74) is 0.322. The second-order valence-corrected chi connectivity index (χ2v) is 6.21. The van der Waals surface area contributed by atoms with Crippen molar-refractivity contribution in [3.63, 3.8) is 0 Å². The summed E-state index contributed by atoms with van der Waals surface area (Å²) in [6, 6.07) is 5.93. The van der Waals surface area contributed by atoms with Crippen molar-refractivity contribution in [3.05, 3.63) is 34.9 Å². The molecule has 0 aliphatic carbocycles. The van der Waals surface area contributed by atoms with Gasteiger partial charge in [-0.15, -0.1) is 0 Å². The molecular formula is C17H22ClN3O3. The Morgan fingerprint density at radius 2 is 1.88 bits per heavy atom. The Hall–Kier alpha value is -2.08. The van der Waals surface area contributed by atoms with E-state index in [2.05, 4.69) is 10.6 Å². The minimum atomic E-state index is -0.712. The van der Waals surface area contributed by atoms with Crippen molar-refractivity contribution < 1.29 is 14.4 Å². The molecule has 1 saturated heterocycles. The van der Waals surface area contributed by atoms with Gasteiger partial charge in [-0.3, -0.25) is 14.4 Å². The van der Waals surface area contributed by atoms with Crippen molar-refractivity contribution >= 4 is 29.3 Å². The van der Waals surface area contributed by atoms with E-state index in [0.717, 1.165) is 25.9 Å². The van der Waals surface area contributed by atoms with Gasteiger partial charge in [0.15, 0.2) is 0 Å². The summed E-state index contributed by atoms with van der Waals surface area (Å²) in [7, 11) is 0. The number of rotatable bonds is 6. The monoisotopic (exact) mass is 351 g/mol.